The Morgan fingerprint density at radius 3 is 2.62 bits per heavy atom. The van der Waals surface area contributed by atoms with Gasteiger partial charge in [0, 0.05) is 19.6 Å². The van der Waals surface area contributed by atoms with E-state index in [9.17, 15) is 9.59 Å². The minimum absolute atomic E-state index is 0. The molecule has 1 aromatic carbocycles. The van der Waals surface area contributed by atoms with Gasteiger partial charge in [0.2, 0.25) is 5.91 Å². The van der Waals surface area contributed by atoms with E-state index in [-0.39, 0.29) is 30.1 Å². The van der Waals surface area contributed by atoms with Crippen LogP contribution in [0.15, 0.2) is 18.2 Å². The van der Waals surface area contributed by atoms with Gasteiger partial charge in [-0.25, -0.2) is 0 Å². The summed E-state index contributed by atoms with van der Waals surface area (Å²) in [6, 6.07) is 5.66. The van der Waals surface area contributed by atoms with Gasteiger partial charge >= 0.3 is 0 Å². The average molecular weight is 352 g/mol. The lowest BCUT2D eigenvalue weighted by Crippen LogP contribution is -2.37. The van der Waals surface area contributed by atoms with E-state index >= 15 is 0 Å². The first kappa shape index (κ1) is 18.7. The smallest absolute Gasteiger partial charge is 0.256 e. The summed E-state index contributed by atoms with van der Waals surface area (Å²) in [7, 11) is 0. The van der Waals surface area contributed by atoms with Crippen LogP contribution in [0.2, 0.25) is 0 Å². The van der Waals surface area contributed by atoms with E-state index in [1.54, 1.807) is 0 Å². The normalized spacial score (nSPS) is 20.4. The highest BCUT2D eigenvalue weighted by atomic mass is 35.5. The average Bonchev–Trinajstić information content (AvgIpc) is 3.10. The van der Waals surface area contributed by atoms with E-state index in [1.165, 1.54) is 0 Å². The Labute approximate surface area is 149 Å². The molecule has 2 aliphatic heterocycles. The van der Waals surface area contributed by atoms with Crippen LogP contribution in [0.25, 0.3) is 0 Å². The van der Waals surface area contributed by atoms with Gasteiger partial charge < -0.3 is 15.5 Å². The van der Waals surface area contributed by atoms with Crippen molar-refractivity contribution in [3.05, 3.63) is 29.3 Å². The lowest BCUT2D eigenvalue weighted by molar-refractivity contribution is -0.120. The molecular formula is C18H26ClN3O2. The van der Waals surface area contributed by atoms with Gasteiger partial charge in [-0.15, -0.1) is 12.4 Å². The van der Waals surface area contributed by atoms with Crippen LogP contribution in [-0.4, -0.2) is 42.9 Å². The van der Waals surface area contributed by atoms with Crippen molar-refractivity contribution in [2.24, 2.45) is 5.92 Å². The number of hydrogen-bond donors (Lipinski definition) is 2. The zero-order valence-electron chi connectivity index (χ0n) is 14.1. The number of aryl methyl sites for hydroxylation is 1. The van der Waals surface area contributed by atoms with Crippen molar-refractivity contribution < 1.29 is 9.59 Å². The minimum atomic E-state index is -0.0148. The summed E-state index contributed by atoms with van der Waals surface area (Å²) in [5.41, 5.74) is 2.21. The number of benzene rings is 1. The highest BCUT2D eigenvalue weighted by Gasteiger charge is 2.26. The summed E-state index contributed by atoms with van der Waals surface area (Å²) in [5, 5.41) is 6.26. The van der Waals surface area contributed by atoms with E-state index in [2.05, 4.69) is 10.6 Å². The van der Waals surface area contributed by atoms with Crippen molar-refractivity contribution >= 4 is 29.9 Å². The maximum atomic E-state index is 12.8. The molecule has 1 unspecified atom stereocenters. The molecular weight excluding hydrogens is 326 g/mol. The predicted octanol–water partition coefficient (Wildman–Crippen LogP) is 2.59. The maximum Gasteiger partial charge on any atom is 0.256 e. The molecule has 24 heavy (non-hydrogen) atoms. The van der Waals surface area contributed by atoms with E-state index in [1.807, 2.05) is 30.0 Å². The number of amides is 2. The Kier molecular flexibility index (Phi) is 6.63. The number of nitrogens with zero attached hydrogens (tertiary/aromatic N) is 1. The molecule has 0 bridgehead atoms. The third-order valence-electron chi connectivity index (χ3n) is 4.81. The van der Waals surface area contributed by atoms with Crippen molar-refractivity contribution in [3.63, 3.8) is 0 Å². The Morgan fingerprint density at radius 1 is 1.21 bits per heavy atom. The maximum absolute atomic E-state index is 12.8. The molecule has 132 valence electrons. The molecule has 2 amide bonds. The minimum Gasteiger partial charge on any atom is -0.339 e. The number of hydrogen-bond acceptors (Lipinski definition) is 3. The van der Waals surface area contributed by atoms with E-state index in [0.717, 1.165) is 50.9 Å². The Bertz CT molecular complexity index is 594. The second kappa shape index (κ2) is 8.49. The third-order valence-corrected chi connectivity index (χ3v) is 4.81. The number of rotatable bonds is 3. The molecule has 0 aliphatic carbocycles. The second-order valence-corrected chi connectivity index (χ2v) is 6.53. The SMILES string of the molecule is Cc1cccc(NC(=O)C2CCCNC2)c1C(=O)N1CCCC1.Cl. The molecule has 1 aromatic rings. The summed E-state index contributed by atoms with van der Waals surface area (Å²) < 4.78 is 0. The van der Waals surface area contributed by atoms with Crippen LogP contribution in [0, 0.1) is 12.8 Å². The first-order chi connectivity index (χ1) is 11.2. The lowest BCUT2D eigenvalue weighted by atomic mass is 9.98. The molecule has 3 rings (SSSR count). The molecule has 2 aliphatic rings. The fourth-order valence-corrected chi connectivity index (χ4v) is 3.44. The Hall–Kier alpha value is -1.59. The van der Waals surface area contributed by atoms with Gasteiger partial charge in [0.05, 0.1) is 17.2 Å². The summed E-state index contributed by atoms with van der Waals surface area (Å²) in [6.45, 7) is 5.25. The molecule has 0 spiro atoms. The number of nitrogens with one attached hydrogen (secondary N) is 2. The van der Waals surface area contributed by atoms with Crippen molar-refractivity contribution in [1.29, 1.82) is 0 Å². The first-order valence-corrected chi connectivity index (χ1v) is 8.57. The van der Waals surface area contributed by atoms with Gasteiger partial charge in [-0.1, -0.05) is 12.1 Å². The van der Waals surface area contributed by atoms with Crippen molar-refractivity contribution in [3.8, 4) is 0 Å². The molecule has 5 nitrogen and oxygen atoms in total. The lowest BCUT2D eigenvalue weighted by Gasteiger charge is -2.24. The molecule has 6 heteroatoms. The molecule has 0 aromatic heterocycles. The van der Waals surface area contributed by atoms with Gasteiger partial charge in [0.25, 0.3) is 5.91 Å². The largest absolute Gasteiger partial charge is 0.339 e. The zero-order valence-corrected chi connectivity index (χ0v) is 15.0. The summed E-state index contributed by atoms with van der Waals surface area (Å²) in [6.07, 6.45) is 4.05. The number of halogens is 1. The molecule has 2 fully saturated rings. The summed E-state index contributed by atoms with van der Waals surface area (Å²) >= 11 is 0. The van der Waals surface area contributed by atoms with Crippen molar-refractivity contribution in [2.75, 3.05) is 31.5 Å². The predicted molar refractivity (Wildman–Crippen MR) is 97.8 cm³/mol. The monoisotopic (exact) mass is 351 g/mol. The fourth-order valence-electron chi connectivity index (χ4n) is 3.44. The quantitative estimate of drug-likeness (QED) is 0.879. The van der Waals surface area contributed by atoms with Gasteiger partial charge in [-0.2, -0.15) is 0 Å². The molecule has 0 radical (unpaired) electrons. The van der Waals surface area contributed by atoms with Gasteiger partial charge in [0.15, 0.2) is 0 Å². The van der Waals surface area contributed by atoms with Crippen LogP contribution >= 0.6 is 12.4 Å². The number of carbonyl (C=O) groups is 2. The zero-order chi connectivity index (χ0) is 16.2. The topological polar surface area (TPSA) is 61.4 Å². The van der Waals surface area contributed by atoms with E-state index in [4.69, 9.17) is 0 Å². The van der Waals surface area contributed by atoms with E-state index in [0.29, 0.717) is 17.8 Å². The van der Waals surface area contributed by atoms with Crippen LogP contribution in [-0.2, 0) is 4.79 Å². The van der Waals surface area contributed by atoms with Crippen molar-refractivity contribution in [2.45, 2.75) is 32.6 Å². The first-order valence-electron chi connectivity index (χ1n) is 8.57. The number of piperidine rings is 1. The van der Waals surface area contributed by atoms with Gasteiger partial charge in [-0.05, 0) is 50.8 Å². The van der Waals surface area contributed by atoms with Gasteiger partial charge in [0.1, 0.15) is 0 Å². The number of likely N-dealkylation sites (tertiary alicyclic amines) is 1. The Morgan fingerprint density at radius 2 is 1.96 bits per heavy atom. The molecule has 2 heterocycles. The van der Waals surface area contributed by atoms with Crippen LogP contribution in [0.5, 0.6) is 0 Å². The fraction of sp³-hybridized carbons (Fsp3) is 0.556. The number of anilines is 1. The Balaban J connectivity index is 0.00000208. The molecule has 2 N–H and O–H groups in total. The van der Waals surface area contributed by atoms with Gasteiger partial charge in [-0.3, -0.25) is 9.59 Å². The van der Waals surface area contributed by atoms with E-state index < -0.39 is 0 Å². The third kappa shape index (κ3) is 4.08. The number of carbonyl (C=O) groups excluding carboxylic acids is 2. The van der Waals surface area contributed by atoms with Crippen LogP contribution in [0.3, 0.4) is 0 Å². The van der Waals surface area contributed by atoms with Crippen LogP contribution < -0.4 is 10.6 Å². The highest BCUT2D eigenvalue weighted by Crippen LogP contribution is 2.24. The van der Waals surface area contributed by atoms with Crippen LogP contribution in [0.1, 0.15) is 41.6 Å². The summed E-state index contributed by atoms with van der Waals surface area (Å²) in [4.78, 5) is 27.2. The molecule has 2 saturated heterocycles. The standard InChI is InChI=1S/C18H25N3O2.ClH/c1-13-6-4-8-15(16(13)18(23)21-10-2-3-11-21)20-17(22)14-7-5-9-19-12-14;/h4,6,8,14,19H,2-3,5,7,9-12H2,1H3,(H,20,22);1H. The highest BCUT2D eigenvalue weighted by molar-refractivity contribution is 6.05. The van der Waals surface area contributed by atoms with Crippen LogP contribution in [0.4, 0.5) is 5.69 Å². The molecule has 0 saturated carbocycles. The molecule has 1 atom stereocenters. The second-order valence-electron chi connectivity index (χ2n) is 6.53. The van der Waals surface area contributed by atoms with Crippen molar-refractivity contribution in [1.82, 2.24) is 10.2 Å². The summed E-state index contributed by atoms with van der Waals surface area (Å²) in [5.74, 6) is 0.0370.